The van der Waals surface area contributed by atoms with Gasteiger partial charge in [-0.2, -0.15) is 0 Å². The molecule has 2 N–H and O–H groups in total. The lowest BCUT2D eigenvalue weighted by atomic mass is 10.1. The van der Waals surface area contributed by atoms with Crippen LogP contribution in [-0.2, 0) is 0 Å². The molecule has 18 heavy (non-hydrogen) atoms. The fraction of sp³-hybridized carbons (Fsp3) is 0.200. The van der Waals surface area contributed by atoms with Gasteiger partial charge in [0.25, 0.3) is 0 Å². The topological polar surface area (TPSA) is 32.3 Å². The van der Waals surface area contributed by atoms with E-state index in [4.69, 9.17) is 0 Å². The van der Waals surface area contributed by atoms with Gasteiger partial charge in [0.05, 0.1) is 0 Å². The van der Waals surface area contributed by atoms with E-state index >= 15 is 0 Å². The van der Waals surface area contributed by atoms with Crippen molar-refractivity contribution in [2.75, 3.05) is 5.32 Å². The molecule has 1 unspecified atom stereocenters. The van der Waals surface area contributed by atoms with Gasteiger partial charge >= 0.3 is 0 Å². The maximum Gasteiger partial charge on any atom is 0.128 e. The van der Waals surface area contributed by atoms with Crippen LogP contribution in [0.4, 0.5) is 10.1 Å². The van der Waals surface area contributed by atoms with Crippen molar-refractivity contribution >= 4 is 5.69 Å². The van der Waals surface area contributed by atoms with Gasteiger partial charge in [0.15, 0.2) is 0 Å². The quantitative estimate of drug-likeness (QED) is 0.856. The first-order valence-corrected chi connectivity index (χ1v) is 5.88. The number of hydrogen-bond acceptors (Lipinski definition) is 2. The van der Waals surface area contributed by atoms with E-state index in [2.05, 4.69) is 5.32 Å². The molecule has 0 radical (unpaired) electrons. The number of phenolic OH excluding ortho intramolecular Hbond substituents is 1. The molecule has 0 aromatic heterocycles. The molecule has 3 heteroatoms. The molecule has 0 aliphatic carbocycles. The van der Waals surface area contributed by atoms with Crippen molar-refractivity contribution in [1.82, 2.24) is 0 Å². The molecular weight excluding hydrogens is 229 g/mol. The Labute approximate surface area is 106 Å². The summed E-state index contributed by atoms with van der Waals surface area (Å²) in [6, 6.07) is 12.0. The first-order chi connectivity index (χ1) is 8.58. The molecule has 0 spiro atoms. The van der Waals surface area contributed by atoms with Crippen LogP contribution >= 0.6 is 0 Å². The number of hydrogen-bond donors (Lipinski definition) is 2. The zero-order valence-corrected chi connectivity index (χ0v) is 10.4. The predicted octanol–water partition coefficient (Wildman–Crippen LogP) is 4.01. The van der Waals surface area contributed by atoms with Crippen LogP contribution in [0.25, 0.3) is 0 Å². The Morgan fingerprint density at radius 1 is 1.17 bits per heavy atom. The number of halogens is 1. The summed E-state index contributed by atoms with van der Waals surface area (Å²) >= 11 is 0. The summed E-state index contributed by atoms with van der Waals surface area (Å²) in [7, 11) is 0. The minimum Gasteiger partial charge on any atom is -0.508 e. The largest absolute Gasteiger partial charge is 0.508 e. The average molecular weight is 245 g/mol. The molecule has 2 aromatic rings. The Hall–Kier alpha value is -2.03. The van der Waals surface area contributed by atoms with Gasteiger partial charge in [-0.3, -0.25) is 0 Å². The highest BCUT2D eigenvalue weighted by Crippen LogP contribution is 2.25. The first-order valence-electron chi connectivity index (χ1n) is 5.88. The lowest BCUT2D eigenvalue weighted by molar-refractivity contribution is 0.474. The molecular formula is C15H16FNO. The molecule has 2 rings (SSSR count). The van der Waals surface area contributed by atoms with E-state index in [0.29, 0.717) is 5.56 Å². The van der Waals surface area contributed by atoms with Gasteiger partial charge in [0.2, 0.25) is 0 Å². The van der Waals surface area contributed by atoms with Crippen molar-refractivity contribution in [2.45, 2.75) is 19.9 Å². The van der Waals surface area contributed by atoms with E-state index in [1.807, 2.05) is 19.1 Å². The molecule has 94 valence electrons. The number of phenols is 1. The molecule has 1 atom stereocenters. The van der Waals surface area contributed by atoms with Gasteiger partial charge in [-0.1, -0.05) is 18.2 Å². The fourth-order valence-corrected chi connectivity index (χ4v) is 1.87. The molecule has 0 saturated heterocycles. The SMILES string of the molecule is Cc1c(F)cccc1NC(C)c1cccc(O)c1. The van der Waals surface area contributed by atoms with Gasteiger partial charge in [-0.05, 0) is 43.7 Å². The Morgan fingerprint density at radius 2 is 1.89 bits per heavy atom. The Bertz CT molecular complexity index is 554. The summed E-state index contributed by atoms with van der Waals surface area (Å²) in [6.07, 6.45) is 0. The van der Waals surface area contributed by atoms with Crippen molar-refractivity contribution in [3.05, 3.63) is 59.4 Å². The second-order valence-electron chi connectivity index (χ2n) is 4.37. The van der Waals surface area contributed by atoms with Crippen molar-refractivity contribution in [2.24, 2.45) is 0 Å². The Balaban J connectivity index is 2.21. The standard InChI is InChI=1S/C15H16FNO/c1-10-14(16)7-4-8-15(10)17-11(2)12-5-3-6-13(18)9-12/h3-9,11,17-18H,1-2H3. The predicted molar refractivity (Wildman–Crippen MR) is 71.3 cm³/mol. The highest BCUT2D eigenvalue weighted by atomic mass is 19.1. The molecule has 0 fully saturated rings. The van der Waals surface area contributed by atoms with Crippen LogP contribution in [0.15, 0.2) is 42.5 Å². The molecule has 0 saturated carbocycles. The summed E-state index contributed by atoms with van der Waals surface area (Å²) < 4.78 is 13.4. The van der Waals surface area contributed by atoms with Crippen LogP contribution in [0, 0.1) is 12.7 Å². The molecule has 2 aromatic carbocycles. The van der Waals surface area contributed by atoms with Crippen molar-refractivity contribution in [3.8, 4) is 5.75 Å². The summed E-state index contributed by atoms with van der Waals surface area (Å²) in [4.78, 5) is 0. The van der Waals surface area contributed by atoms with Gasteiger partial charge in [-0.25, -0.2) is 4.39 Å². The molecule has 0 heterocycles. The van der Waals surface area contributed by atoms with Crippen molar-refractivity contribution < 1.29 is 9.50 Å². The number of benzene rings is 2. The van der Waals surface area contributed by atoms with Crippen LogP contribution in [-0.4, -0.2) is 5.11 Å². The minimum absolute atomic E-state index is 0.00222. The molecule has 2 nitrogen and oxygen atoms in total. The van der Waals surface area contributed by atoms with Crippen LogP contribution < -0.4 is 5.32 Å². The third-order valence-corrected chi connectivity index (χ3v) is 3.01. The van der Waals surface area contributed by atoms with Crippen molar-refractivity contribution in [1.29, 1.82) is 0 Å². The van der Waals surface area contributed by atoms with E-state index in [1.54, 1.807) is 31.2 Å². The Morgan fingerprint density at radius 3 is 2.61 bits per heavy atom. The van der Waals surface area contributed by atoms with E-state index in [1.165, 1.54) is 6.07 Å². The summed E-state index contributed by atoms with van der Waals surface area (Å²) in [6.45, 7) is 3.71. The maximum absolute atomic E-state index is 13.4. The molecule has 0 aliphatic heterocycles. The normalized spacial score (nSPS) is 12.2. The third-order valence-electron chi connectivity index (χ3n) is 3.01. The minimum atomic E-state index is -0.219. The second kappa shape index (κ2) is 5.08. The first kappa shape index (κ1) is 12.4. The van der Waals surface area contributed by atoms with Crippen LogP contribution in [0.5, 0.6) is 5.75 Å². The van der Waals surface area contributed by atoms with E-state index < -0.39 is 0 Å². The molecule has 0 bridgehead atoms. The van der Waals surface area contributed by atoms with Crippen LogP contribution in [0.1, 0.15) is 24.1 Å². The zero-order valence-electron chi connectivity index (χ0n) is 10.4. The number of rotatable bonds is 3. The maximum atomic E-state index is 13.4. The smallest absolute Gasteiger partial charge is 0.128 e. The van der Waals surface area contributed by atoms with E-state index in [9.17, 15) is 9.50 Å². The van der Waals surface area contributed by atoms with Gasteiger partial charge < -0.3 is 10.4 Å². The number of anilines is 1. The van der Waals surface area contributed by atoms with Crippen LogP contribution in [0.2, 0.25) is 0 Å². The monoisotopic (exact) mass is 245 g/mol. The second-order valence-corrected chi connectivity index (χ2v) is 4.37. The van der Waals surface area contributed by atoms with Crippen LogP contribution in [0.3, 0.4) is 0 Å². The molecule has 0 amide bonds. The zero-order chi connectivity index (χ0) is 13.1. The van der Waals surface area contributed by atoms with E-state index in [-0.39, 0.29) is 17.6 Å². The number of nitrogens with one attached hydrogen (secondary N) is 1. The fourth-order valence-electron chi connectivity index (χ4n) is 1.87. The Kier molecular flexibility index (Phi) is 3.51. The number of aromatic hydroxyl groups is 1. The van der Waals surface area contributed by atoms with Gasteiger partial charge in [0.1, 0.15) is 11.6 Å². The van der Waals surface area contributed by atoms with Gasteiger partial charge in [-0.15, -0.1) is 0 Å². The average Bonchev–Trinajstić information content (AvgIpc) is 2.35. The lowest BCUT2D eigenvalue weighted by Crippen LogP contribution is -2.08. The van der Waals surface area contributed by atoms with Crippen molar-refractivity contribution in [3.63, 3.8) is 0 Å². The lowest BCUT2D eigenvalue weighted by Gasteiger charge is -2.17. The summed E-state index contributed by atoms with van der Waals surface area (Å²) in [5.74, 6) is 0.0141. The highest BCUT2D eigenvalue weighted by molar-refractivity contribution is 5.52. The summed E-state index contributed by atoms with van der Waals surface area (Å²) in [5.41, 5.74) is 2.33. The highest BCUT2D eigenvalue weighted by Gasteiger charge is 2.09. The summed E-state index contributed by atoms with van der Waals surface area (Å²) in [5, 5.41) is 12.7. The van der Waals surface area contributed by atoms with Gasteiger partial charge in [0, 0.05) is 17.3 Å². The third kappa shape index (κ3) is 2.62. The molecule has 0 aliphatic rings. The van der Waals surface area contributed by atoms with E-state index in [0.717, 1.165) is 11.3 Å².